The van der Waals surface area contributed by atoms with Crippen LogP contribution in [0.5, 0.6) is 0 Å². The molecule has 0 unspecified atom stereocenters. The summed E-state index contributed by atoms with van der Waals surface area (Å²) in [5.74, 6) is -1.47. The van der Waals surface area contributed by atoms with Gasteiger partial charge in [-0.05, 0) is 13.8 Å². The van der Waals surface area contributed by atoms with Crippen LogP contribution in [0.3, 0.4) is 0 Å². The SMILES string of the molecule is Cc1nn(CCC(=O)Nc2cnn(C)c2C(=O)O)c(C)c1Cl. The molecule has 2 aromatic rings. The van der Waals surface area contributed by atoms with E-state index in [1.807, 2.05) is 6.92 Å². The van der Waals surface area contributed by atoms with Crippen LogP contribution in [0.15, 0.2) is 6.20 Å². The number of nitrogens with one attached hydrogen (secondary N) is 1. The van der Waals surface area contributed by atoms with Crippen molar-refractivity contribution in [3.8, 4) is 0 Å². The molecule has 0 saturated heterocycles. The van der Waals surface area contributed by atoms with Gasteiger partial charge in [0.2, 0.25) is 5.91 Å². The lowest BCUT2D eigenvalue weighted by molar-refractivity contribution is -0.116. The molecule has 2 rings (SSSR count). The number of carboxylic acids is 1. The Bertz CT molecular complexity index is 734. The Labute approximate surface area is 131 Å². The van der Waals surface area contributed by atoms with E-state index in [1.165, 1.54) is 17.9 Å². The monoisotopic (exact) mass is 325 g/mol. The predicted octanol–water partition coefficient (Wildman–Crippen LogP) is 1.61. The van der Waals surface area contributed by atoms with Crippen molar-refractivity contribution in [2.45, 2.75) is 26.8 Å². The van der Waals surface area contributed by atoms with E-state index in [-0.39, 0.29) is 23.7 Å². The van der Waals surface area contributed by atoms with Crippen LogP contribution in [-0.2, 0) is 18.4 Å². The van der Waals surface area contributed by atoms with Crippen molar-refractivity contribution in [3.05, 3.63) is 28.3 Å². The standard InChI is InChI=1S/C13H16ClN5O3/c1-7-11(14)8(2)19(17-7)5-4-10(20)16-9-6-15-18(3)12(9)13(21)22/h6H,4-5H2,1-3H3,(H,16,20)(H,21,22). The molecule has 2 aromatic heterocycles. The van der Waals surface area contributed by atoms with Crippen molar-refractivity contribution < 1.29 is 14.7 Å². The van der Waals surface area contributed by atoms with Gasteiger partial charge in [0.1, 0.15) is 0 Å². The highest BCUT2D eigenvalue weighted by Gasteiger charge is 2.18. The highest BCUT2D eigenvalue weighted by atomic mass is 35.5. The zero-order chi connectivity index (χ0) is 16.4. The summed E-state index contributed by atoms with van der Waals surface area (Å²) in [6, 6.07) is 0. The first kappa shape index (κ1) is 16.0. The maximum atomic E-state index is 12.0. The lowest BCUT2D eigenvalue weighted by Gasteiger charge is -2.06. The molecule has 0 aromatic carbocycles. The third-order valence-electron chi connectivity index (χ3n) is 3.26. The predicted molar refractivity (Wildman–Crippen MR) is 80.1 cm³/mol. The first-order valence-electron chi connectivity index (χ1n) is 6.56. The van der Waals surface area contributed by atoms with Crippen LogP contribution >= 0.6 is 11.6 Å². The smallest absolute Gasteiger partial charge is 0.356 e. The fourth-order valence-electron chi connectivity index (χ4n) is 2.10. The van der Waals surface area contributed by atoms with E-state index in [1.54, 1.807) is 11.6 Å². The number of aromatic carboxylic acids is 1. The topological polar surface area (TPSA) is 102 Å². The average molecular weight is 326 g/mol. The average Bonchev–Trinajstić information content (AvgIpc) is 2.92. The van der Waals surface area contributed by atoms with Gasteiger partial charge in [0, 0.05) is 13.5 Å². The number of carbonyl (C=O) groups excluding carboxylic acids is 1. The molecule has 0 radical (unpaired) electrons. The Hall–Kier alpha value is -2.35. The van der Waals surface area contributed by atoms with Crippen molar-refractivity contribution in [3.63, 3.8) is 0 Å². The largest absolute Gasteiger partial charge is 0.476 e. The highest BCUT2D eigenvalue weighted by Crippen LogP contribution is 2.19. The van der Waals surface area contributed by atoms with E-state index >= 15 is 0 Å². The summed E-state index contributed by atoms with van der Waals surface area (Å²) in [5.41, 5.74) is 1.61. The second kappa shape index (κ2) is 6.18. The molecule has 9 heteroatoms. The van der Waals surface area contributed by atoms with Gasteiger partial charge < -0.3 is 10.4 Å². The van der Waals surface area contributed by atoms with Gasteiger partial charge in [-0.1, -0.05) is 11.6 Å². The highest BCUT2D eigenvalue weighted by molar-refractivity contribution is 6.31. The number of nitrogens with zero attached hydrogens (tertiary/aromatic N) is 4. The van der Waals surface area contributed by atoms with Gasteiger partial charge in [0.15, 0.2) is 5.69 Å². The van der Waals surface area contributed by atoms with Crippen molar-refractivity contribution >= 4 is 29.2 Å². The molecule has 8 nitrogen and oxygen atoms in total. The normalized spacial score (nSPS) is 10.7. The molecule has 0 atom stereocenters. The summed E-state index contributed by atoms with van der Waals surface area (Å²) in [6.45, 7) is 3.97. The minimum atomic E-state index is -1.15. The van der Waals surface area contributed by atoms with Crippen molar-refractivity contribution in [1.29, 1.82) is 0 Å². The number of aromatic nitrogens is 4. The van der Waals surface area contributed by atoms with E-state index in [0.717, 1.165) is 5.69 Å². The lowest BCUT2D eigenvalue weighted by atomic mass is 10.3. The van der Waals surface area contributed by atoms with Gasteiger partial charge in [-0.15, -0.1) is 0 Å². The minimum Gasteiger partial charge on any atom is -0.476 e. The van der Waals surface area contributed by atoms with Crippen LogP contribution < -0.4 is 5.32 Å². The maximum absolute atomic E-state index is 12.0. The molecular weight excluding hydrogens is 310 g/mol. The van der Waals surface area contributed by atoms with Crippen molar-refractivity contribution in [2.75, 3.05) is 5.32 Å². The Balaban J connectivity index is 2.02. The Morgan fingerprint density at radius 3 is 2.64 bits per heavy atom. The third-order valence-corrected chi connectivity index (χ3v) is 3.81. The van der Waals surface area contributed by atoms with Crippen LogP contribution in [0, 0.1) is 13.8 Å². The quantitative estimate of drug-likeness (QED) is 0.869. The minimum absolute atomic E-state index is 0.0671. The third kappa shape index (κ3) is 3.11. The number of carbonyl (C=O) groups is 2. The molecule has 22 heavy (non-hydrogen) atoms. The Kier molecular flexibility index (Phi) is 4.51. The molecule has 1 amide bonds. The van der Waals surface area contributed by atoms with Gasteiger partial charge in [-0.25, -0.2) is 4.79 Å². The Morgan fingerprint density at radius 1 is 1.41 bits per heavy atom. The molecule has 0 saturated carbocycles. The van der Waals surface area contributed by atoms with Gasteiger partial charge in [-0.3, -0.25) is 14.2 Å². The molecule has 0 aliphatic rings. The second-order valence-corrected chi connectivity index (χ2v) is 5.22. The van der Waals surface area contributed by atoms with Gasteiger partial charge in [-0.2, -0.15) is 10.2 Å². The zero-order valence-electron chi connectivity index (χ0n) is 12.4. The molecule has 0 bridgehead atoms. The molecule has 2 N–H and O–H groups in total. The van der Waals surface area contributed by atoms with Gasteiger partial charge >= 0.3 is 5.97 Å². The van der Waals surface area contributed by atoms with Gasteiger partial charge in [0.25, 0.3) is 0 Å². The number of anilines is 1. The molecule has 0 fully saturated rings. The summed E-state index contributed by atoms with van der Waals surface area (Å²) >= 11 is 6.04. The summed E-state index contributed by atoms with van der Waals surface area (Å²) < 4.78 is 2.84. The van der Waals surface area contributed by atoms with E-state index in [4.69, 9.17) is 16.7 Å². The molecule has 0 aliphatic carbocycles. The summed E-state index contributed by atoms with van der Waals surface area (Å²) in [5, 5.41) is 20.3. The number of hydrogen-bond acceptors (Lipinski definition) is 4. The van der Waals surface area contributed by atoms with Crippen LogP contribution in [0.25, 0.3) is 0 Å². The summed E-state index contributed by atoms with van der Waals surface area (Å²) in [4.78, 5) is 23.1. The zero-order valence-corrected chi connectivity index (χ0v) is 13.2. The first-order valence-corrected chi connectivity index (χ1v) is 6.93. The van der Waals surface area contributed by atoms with E-state index in [9.17, 15) is 9.59 Å². The number of carboxylic acid groups (broad SMARTS) is 1. The van der Waals surface area contributed by atoms with E-state index < -0.39 is 5.97 Å². The van der Waals surface area contributed by atoms with Crippen LogP contribution in [0.1, 0.15) is 28.3 Å². The molecule has 118 valence electrons. The second-order valence-electron chi connectivity index (χ2n) is 4.84. The molecule has 2 heterocycles. The van der Waals surface area contributed by atoms with Crippen LogP contribution in [-0.4, -0.2) is 36.5 Å². The molecule has 0 spiro atoms. The number of halogens is 1. The van der Waals surface area contributed by atoms with Crippen molar-refractivity contribution in [2.24, 2.45) is 7.05 Å². The number of hydrogen-bond donors (Lipinski definition) is 2. The van der Waals surface area contributed by atoms with Crippen molar-refractivity contribution in [1.82, 2.24) is 19.6 Å². The van der Waals surface area contributed by atoms with Gasteiger partial charge in [0.05, 0.1) is 34.8 Å². The van der Waals surface area contributed by atoms with E-state index in [2.05, 4.69) is 15.5 Å². The summed E-state index contributed by atoms with van der Waals surface area (Å²) in [7, 11) is 1.50. The maximum Gasteiger partial charge on any atom is 0.356 e. The lowest BCUT2D eigenvalue weighted by Crippen LogP contribution is -2.17. The van der Waals surface area contributed by atoms with Crippen LogP contribution in [0.4, 0.5) is 5.69 Å². The van der Waals surface area contributed by atoms with Crippen LogP contribution in [0.2, 0.25) is 5.02 Å². The summed E-state index contributed by atoms with van der Waals surface area (Å²) in [6.07, 6.45) is 1.45. The fraction of sp³-hybridized carbons (Fsp3) is 0.385. The number of amides is 1. The number of rotatable bonds is 5. The Morgan fingerprint density at radius 2 is 2.09 bits per heavy atom. The molecule has 0 aliphatic heterocycles. The first-order chi connectivity index (χ1) is 10.3. The van der Waals surface area contributed by atoms with E-state index in [0.29, 0.717) is 17.3 Å². The number of aryl methyl sites for hydroxylation is 3. The fourth-order valence-corrected chi connectivity index (χ4v) is 2.23. The molecular formula is C13H16ClN5O3.